The van der Waals surface area contributed by atoms with Gasteiger partial charge in [-0.3, -0.25) is 25.2 Å². The van der Waals surface area contributed by atoms with Crippen molar-refractivity contribution in [2.24, 2.45) is 5.92 Å². The van der Waals surface area contributed by atoms with Gasteiger partial charge >= 0.3 is 0 Å². The molecule has 0 unspecified atom stereocenters. The molecule has 1 fully saturated rings. The highest BCUT2D eigenvalue weighted by atomic mass is 16.2. The minimum atomic E-state index is -0.507. The molecule has 0 radical (unpaired) electrons. The summed E-state index contributed by atoms with van der Waals surface area (Å²) < 4.78 is 0. The molecule has 0 bridgehead atoms. The number of nitrogens with one attached hydrogen (secondary N) is 2. The highest BCUT2D eigenvalue weighted by molar-refractivity contribution is 6.01. The van der Waals surface area contributed by atoms with Crippen molar-refractivity contribution < 1.29 is 14.4 Å². The number of hydrogen-bond acceptors (Lipinski definition) is 3. The predicted octanol–water partition coefficient (Wildman–Crippen LogP) is 3.36. The van der Waals surface area contributed by atoms with E-state index in [2.05, 4.69) is 38.5 Å². The number of benzene rings is 2. The van der Waals surface area contributed by atoms with Gasteiger partial charge in [-0.2, -0.15) is 0 Å². The van der Waals surface area contributed by atoms with E-state index in [0.29, 0.717) is 12.1 Å². The fourth-order valence-electron chi connectivity index (χ4n) is 3.46. The lowest BCUT2D eigenvalue weighted by molar-refractivity contribution is -0.126. The Balaban J connectivity index is 1.56. The van der Waals surface area contributed by atoms with Crippen molar-refractivity contribution in [1.29, 1.82) is 0 Å². The van der Waals surface area contributed by atoms with Gasteiger partial charge in [0.1, 0.15) is 0 Å². The summed E-state index contributed by atoms with van der Waals surface area (Å²) in [6, 6.07) is 15.1. The van der Waals surface area contributed by atoms with E-state index in [0.717, 1.165) is 17.7 Å². The molecular weight excluding hydrogens is 378 g/mol. The van der Waals surface area contributed by atoms with Gasteiger partial charge in [0.25, 0.3) is 5.91 Å². The molecule has 2 aromatic rings. The van der Waals surface area contributed by atoms with E-state index in [1.807, 2.05) is 36.4 Å². The fraction of sp³-hybridized carbons (Fsp3) is 0.375. The number of aryl methyl sites for hydroxylation is 1. The van der Waals surface area contributed by atoms with E-state index in [4.69, 9.17) is 0 Å². The molecule has 6 nitrogen and oxygen atoms in total. The van der Waals surface area contributed by atoms with E-state index in [-0.39, 0.29) is 29.6 Å². The van der Waals surface area contributed by atoms with E-state index in [1.165, 1.54) is 5.56 Å². The molecule has 30 heavy (non-hydrogen) atoms. The van der Waals surface area contributed by atoms with Crippen molar-refractivity contribution >= 4 is 23.4 Å². The normalized spacial score (nSPS) is 16.5. The van der Waals surface area contributed by atoms with Gasteiger partial charge in [-0.05, 0) is 47.2 Å². The van der Waals surface area contributed by atoms with Crippen LogP contribution in [0.3, 0.4) is 0 Å². The van der Waals surface area contributed by atoms with Crippen LogP contribution in [0.1, 0.15) is 55.6 Å². The average molecular weight is 408 g/mol. The molecule has 2 N–H and O–H groups in total. The van der Waals surface area contributed by atoms with Crippen LogP contribution in [0.5, 0.6) is 0 Å². The minimum absolute atomic E-state index is 0.000960. The largest absolute Gasteiger partial charge is 0.312 e. The quantitative estimate of drug-likeness (QED) is 0.763. The van der Waals surface area contributed by atoms with E-state index in [9.17, 15) is 14.4 Å². The van der Waals surface area contributed by atoms with Crippen LogP contribution in [0.2, 0.25) is 0 Å². The summed E-state index contributed by atoms with van der Waals surface area (Å²) in [6.07, 6.45) is 1.05. The van der Waals surface area contributed by atoms with Gasteiger partial charge in [0.15, 0.2) is 0 Å². The Bertz CT molecular complexity index is 928. The van der Waals surface area contributed by atoms with E-state index < -0.39 is 5.92 Å². The zero-order valence-electron chi connectivity index (χ0n) is 18.0. The van der Waals surface area contributed by atoms with Gasteiger partial charge in [0.2, 0.25) is 11.8 Å². The van der Waals surface area contributed by atoms with Crippen LogP contribution in [0.25, 0.3) is 0 Å². The molecule has 158 valence electrons. The Morgan fingerprint density at radius 1 is 1.00 bits per heavy atom. The first-order valence-electron chi connectivity index (χ1n) is 10.3. The summed E-state index contributed by atoms with van der Waals surface area (Å²) in [6.45, 7) is 8.68. The minimum Gasteiger partial charge on any atom is -0.312 e. The maximum atomic E-state index is 12.5. The van der Waals surface area contributed by atoms with Crippen molar-refractivity contribution in [3.63, 3.8) is 0 Å². The molecule has 1 aliphatic heterocycles. The van der Waals surface area contributed by atoms with Gasteiger partial charge < -0.3 is 4.90 Å². The van der Waals surface area contributed by atoms with E-state index in [1.54, 1.807) is 17.0 Å². The molecule has 1 atom stereocenters. The number of hydrazine groups is 1. The zero-order valence-corrected chi connectivity index (χ0v) is 18.0. The van der Waals surface area contributed by atoms with Crippen LogP contribution in [0.15, 0.2) is 48.5 Å². The summed E-state index contributed by atoms with van der Waals surface area (Å²) in [4.78, 5) is 38.8. The Morgan fingerprint density at radius 3 is 2.20 bits per heavy atom. The molecule has 0 aliphatic carbocycles. The van der Waals surface area contributed by atoms with Crippen LogP contribution in [-0.2, 0) is 21.4 Å². The highest BCUT2D eigenvalue weighted by Crippen LogP contribution is 2.26. The number of rotatable bonds is 4. The molecule has 1 saturated heterocycles. The Hall–Kier alpha value is -3.15. The maximum absolute atomic E-state index is 12.5. The monoisotopic (exact) mass is 407 g/mol. The maximum Gasteiger partial charge on any atom is 0.269 e. The molecule has 1 heterocycles. The van der Waals surface area contributed by atoms with Crippen molar-refractivity contribution in [3.8, 4) is 0 Å². The average Bonchev–Trinajstić information content (AvgIpc) is 3.13. The van der Waals surface area contributed by atoms with Gasteiger partial charge in [-0.1, -0.05) is 52.0 Å². The molecule has 3 amide bonds. The third-order valence-corrected chi connectivity index (χ3v) is 5.46. The third kappa shape index (κ3) is 4.87. The number of carbonyl (C=O) groups excluding carboxylic acids is 3. The third-order valence-electron chi connectivity index (χ3n) is 5.46. The lowest BCUT2D eigenvalue weighted by Crippen LogP contribution is -2.45. The molecule has 0 spiro atoms. The predicted molar refractivity (Wildman–Crippen MR) is 117 cm³/mol. The second kappa shape index (κ2) is 8.69. The molecule has 0 aromatic heterocycles. The van der Waals surface area contributed by atoms with Crippen LogP contribution >= 0.6 is 0 Å². The number of carbonyl (C=O) groups is 3. The first-order valence-corrected chi connectivity index (χ1v) is 10.3. The van der Waals surface area contributed by atoms with Crippen LogP contribution in [0, 0.1) is 5.92 Å². The summed E-state index contributed by atoms with van der Waals surface area (Å²) in [5.41, 5.74) is 8.48. The summed E-state index contributed by atoms with van der Waals surface area (Å²) in [5, 5.41) is 0. The van der Waals surface area contributed by atoms with Gasteiger partial charge in [-0.25, -0.2) is 0 Å². The summed E-state index contributed by atoms with van der Waals surface area (Å²) in [7, 11) is 0. The van der Waals surface area contributed by atoms with Crippen molar-refractivity contribution in [1.82, 2.24) is 10.9 Å². The molecule has 6 heteroatoms. The number of anilines is 1. The highest BCUT2D eigenvalue weighted by Gasteiger charge is 2.35. The van der Waals surface area contributed by atoms with E-state index >= 15 is 0 Å². The lowest BCUT2D eigenvalue weighted by atomic mass is 9.87. The van der Waals surface area contributed by atoms with Gasteiger partial charge in [0, 0.05) is 24.2 Å². The van der Waals surface area contributed by atoms with Crippen LogP contribution < -0.4 is 15.8 Å². The Labute approximate surface area is 177 Å². The topological polar surface area (TPSA) is 78.5 Å². The summed E-state index contributed by atoms with van der Waals surface area (Å²) in [5.74, 6) is -1.36. The van der Waals surface area contributed by atoms with Crippen LogP contribution in [-0.4, -0.2) is 24.3 Å². The second-order valence-corrected chi connectivity index (χ2v) is 8.70. The van der Waals surface area contributed by atoms with Crippen molar-refractivity contribution in [2.75, 3.05) is 11.4 Å². The standard InChI is InChI=1S/C24H29N3O3/c1-5-16-6-12-20(13-7-16)27-15-18(14-21(27)28)23(30)26-25-22(29)17-8-10-19(11-9-17)24(2,3)4/h6-13,18H,5,14-15H2,1-4H3,(H,25,29)(H,26,30)/t18-/m1/s1. The Kier molecular flexibility index (Phi) is 6.25. The molecule has 1 aliphatic rings. The Morgan fingerprint density at radius 2 is 1.63 bits per heavy atom. The lowest BCUT2D eigenvalue weighted by Gasteiger charge is -2.19. The summed E-state index contributed by atoms with van der Waals surface area (Å²) >= 11 is 0. The van der Waals surface area contributed by atoms with Gasteiger partial charge in [-0.15, -0.1) is 0 Å². The van der Waals surface area contributed by atoms with Gasteiger partial charge in [0.05, 0.1) is 5.92 Å². The number of hydrogen-bond donors (Lipinski definition) is 2. The zero-order chi connectivity index (χ0) is 21.9. The van der Waals surface area contributed by atoms with Crippen molar-refractivity contribution in [3.05, 3.63) is 65.2 Å². The smallest absolute Gasteiger partial charge is 0.269 e. The number of nitrogens with zero attached hydrogens (tertiary/aromatic N) is 1. The van der Waals surface area contributed by atoms with Crippen LogP contribution in [0.4, 0.5) is 5.69 Å². The molecule has 0 saturated carbocycles. The molecule has 2 aromatic carbocycles. The fourth-order valence-corrected chi connectivity index (χ4v) is 3.46. The van der Waals surface area contributed by atoms with Crippen molar-refractivity contribution in [2.45, 2.75) is 46.0 Å². The SMILES string of the molecule is CCc1ccc(N2C[C@H](C(=O)NNC(=O)c3ccc(C(C)(C)C)cc3)CC2=O)cc1. The first-order chi connectivity index (χ1) is 14.2. The molecule has 3 rings (SSSR count). The second-order valence-electron chi connectivity index (χ2n) is 8.70. The number of amides is 3. The molecular formula is C24H29N3O3. The first kappa shape index (κ1) is 21.6.